The van der Waals surface area contributed by atoms with Gasteiger partial charge in [0.1, 0.15) is 17.6 Å². The van der Waals surface area contributed by atoms with Gasteiger partial charge in [0, 0.05) is 28.0 Å². The zero-order chi connectivity index (χ0) is 17.6. The van der Waals surface area contributed by atoms with Crippen LogP contribution in [0.2, 0.25) is 5.02 Å². The predicted octanol–water partition coefficient (Wildman–Crippen LogP) is 3.25. The van der Waals surface area contributed by atoms with Gasteiger partial charge in [0.25, 0.3) is 5.91 Å². The molecule has 0 saturated heterocycles. The second-order valence-electron chi connectivity index (χ2n) is 5.94. The molecule has 1 aliphatic heterocycles. The van der Waals surface area contributed by atoms with Crippen molar-refractivity contribution in [2.24, 2.45) is 0 Å². The molecule has 0 radical (unpaired) electrons. The van der Waals surface area contributed by atoms with Gasteiger partial charge in [-0.1, -0.05) is 11.6 Å². The fourth-order valence-corrected chi connectivity index (χ4v) is 3.14. The van der Waals surface area contributed by atoms with Gasteiger partial charge >= 0.3 is 0 Å². The maximum absolute atomic E-state index is 13.4. The summed E-state index contributed by atoms with van der Waals surface area (Å²) in [6.45, 7) is 0. The number of hydrogen-bond acceptors (Lipinski definition) is 2. The number of fused-ring (bicyclic) bond motifs is 2. The number of aromatic nitrogens is 1. The van der Waals surface area contributed by atoms with Crippen molar-refractivity contribution in [1.29, 1.82) is 0 Å². The number of carbonyl (C=O) groups is 2. The standard InChI is InChI=1S/C18H13ClFN3O2/c19-11-1-3-13-9(5-11)7-15(21-13)17(24)23-16-8-10-6-12(20)2-4-14(10)22-18(16)25/h1-7,16,21H,8H2,(H,22,25)(H,23,24). The average molecular weight is 358 g/mol. The molecule has 4 rings (SSSR count). The molecule has 1 unspecified atom stereocenters. The summed E-state index contributed by atoms with van der Waals surface area (Å²) in [5, 5.41) is 6.74. The Bertz CT molecular complexity index is 1010. The van der Waals surface area contributed by atoms with Crippen LogP contribution in [0.3, 0.4) is 0 Å². The van der Waals surface area contributed by atoms with Gasteiger partial charge in [-0.15, -0.1) is 0 Å². The second kappa shape index (κ2) is 5.89. The van der Waals surface area contributed by atoms with Gasteiger partial charge in [-0.3, -0.25) is 9.59 Å². The highest BCUT2D eigenvalue weighted by Crippen LogP contribution is 2.24. The van der Waals surface area contributed by atoms with Crippen LogP contribution < -0.4 is 10.6 Å². The lowest BCUT2D eigenvalue weighted by Crippen LogP contribution is -2.47. The maximum Gasteiger partial charge on any atom is 0.268 e. The molecule has 1 aliphatic rings. The Labute approximate surface area is 147 Å². The first-order chi connectivity index (χ1) is 12.0. The van der Waals surface area contributed by atoms with E-state index in [1.54, 1.807) is 24.3 Å². The van der Waals surface area contributed by atoms with E-state index in [0.717, 1.165) is 10.9 Å². The van der Waals surface area contributed by atoms with Crippen molar-refractivity contribution >= 4 is 40.0 Å². The largest absolute Gasteiger partial charge is 0.351 e. The molecule has 2 amide bonds. The molecular weight excluding hydrogens is 345 g/mol. The van der Waals surface area contributed by atoms with E-state index in [-0.39, 0.29) is 18.1 Å². The molecular formula is C18H13ClFN3O2. The van der Waals surface area contributed by atoms with Gasteiger partial charge in [0.05, 0.1) is 0 Å². The van der Waals surface area contributed by atoms with Crippen molar-refractivity contribution in [1.82, 2.24) is 10.3 Å². The number of amides is 2. The molecule has 0 spiro atoms. The Morgan fingerprint density at radius 2 is 2.04 bits per heavy atom. The van der Waals surface area contributed by atoms with Gasteiger partial charge < -0.3 is 15.6 Å². The zero-order valence-electron chi connectivity index (χ0n) is 12.9. The Balaban J connectivity index is 1.56. The number of hydrogen-bond donors (Lipinski definition) is 3. The molecule has 25 heavy (non-hydrogen) atoms. The summed E-state index contributed by atoms with van der Waals surface area (Å²) in [5.41, 5.74) is 2.32. The molecule has 1 aromatic heterocycles. The van der Waals surface area contributed by atoms with Crippen LogP contribution in [0, 0.1) is 5.82 Å². The van der Waals surface area contributed by atoms with Crippen LogP contribution in [0.25, 0.3) is 10.9 Å². The van der Waals surface area contributed by atoms with Crippen molar-refractivity contribution in [3.63, 3.8) is 0 Å². The van der Waals surface area contributed by atoms with Crippen LogP contribution in [0.5, 0.6) is 0 Å². The fraction of sp³-hybridized carbons (Fsp3) is 0.111. The van der Waals surface area contributed by atoms with Crippen LogP contribution >= 0.6 is 11.6 Å². The molecule has 0 fully saturated rings. The average Bonchev–Trinajstić information content (AvgIpc) is 2.99. The summed E-state index contributed by atoms with van der Waals surface area (Å²) in [6, 6.07) is 10.3. The number of rotatable bonds is 2. The van der Waals surface area contributed by atoms with Crippen LogP contribution in [0.15, 0.2) is 42.5 Å². The molecule has 0 saturated carbocycles. The fourth-order valence-electron chi connectivity index (χ4n) is 2.96. The predicted molar refractivity (Wildman–Crippen MR) is 93.3 cm³/mol. The third-order valence-corrected chi connectivity index (χ3v) is 4.43. The van der Waals surface area contributed by atoms with Crippen LogP contribution in [0.4, 0.5) is 10.1 Å². The summed E-state index contributed by atoms with van der Waals surface area (Å²) >= 11 is 5.94. The molecule has 2 heterocycles. The number of halogens is 2. The van der Waals surface area contributed by atoms with E-state index in [1.807, 2.05) is 0 Å². The molecule has 2 aromatic carbocycles. The van der Waals surface area contributed by atoms with Gasteiger partial charge in [0.15, 0.2) is 0 Å². The lowest BCUT2D eigenvalue weighted by molar-refractivity contribution is -0.118. The number of carbonyl (C=O) groups excluding carboxylic acids is 2. The van der Waals surface area contributed by atoms with Crippen molar-refractivity contribution in [2.45, 2.75) is 12.5 Å². The molecule has 0 bridgehead atoms. The summed E-state index contributed by atoms with van der Waals surface area (Å²) in [7, 11) is 0. The van der Waals surface area contributed by atoms with E-state index in [1.165, 1.54) is 18.2 Å². The first-order valence-electron chi connectivity index (χ1n) is 7.68. The highest BCUT2D eigenvalue weighted by atomic mass is 35.5. The van der Waals surface area contributed by atoms with E-state index in [4.69, 9.17) is 11.6 Å². The quantitative estimate of drug-likeness (QED) is 0.658. The lowest BCUT2D eigenvalue weighted by Gasteiger charge is -2.25. The van der Waals surface area contributed by atoms with Gasteiger partial charge in [-0.25, -0.2) is 4.39 Å². The SMILES string of the molecule is O=C(NC1Cc2cc(F)ccc2NC1=O)c1cc2cc(Cl)ccc2[nH]1. The molecule has 3 aromatic rings. The first-order valence-corrected chi connectivity index (χ1v) is 8.06. The Kier molecular flexibility index (Phi) is 3.69. The van der Waals surface area contributed by atoms with Crippen molar-refractivity contribution in [3.8, 4) is 0 Å². The third-order valence-electron chi connectivity index (χ3n) is 4.20. The monoisotopic (exact) mass is 357 g/mol. The number of nitrogens with one attached hydrogen (secondary N) is 3. The van der Waals surface area contributed by atoms with Gasteiger partial charge in [0.2, 0.25) is 5.91 Å². The Morgan fingerprint density at radius 1 is 1.20 bits per heavy atom. The summed E-state index contributed by atoms with van der Waals surface area (Å²) in [5.74, 6) is -1.12. The van der Waals surface area contributed by atoms with E-state index in [0.29, 0.717) is 22.0 Å². The minimum atomic E-state index is -0.767. The van der Waals surface area contributed by atoms with Crippen LogP contribution in [-0.2, 0) is 11.2 Å². The zero-order valence-corrected chi connectivity index (χ0v) is 13.7. The lowest BCUT2D eigenvalue weighted by atomic mass is 9.98. The molecule has 7 heteroatoms. The van der Waals surface area contributed by atoms with Crippen LogP contribution in [-0.4, -0.2) is 22.8 Å². The molecule has 1 atom stereocenters. The number of H-pyrrole nitrogens is 1. The van der Waals surface area contributed by atoms with Crippen molar-refractivity contribution in [3.05, 3.63) is 64.6 Å². The van der Waals surface area contributed by atoms with Gasteiger partial charge in [-0.2, -0.15) is 0 Å². The summed E-state index contributed by atoms with van der Waals surface area (Å²) in [4.78, 5) is 27.6. The van der Waals surface area contributed by atoms with E-state index in [9.17, 15) is 14.0 Å². The molecule has 126 valence electrons. The number of anilines is 1. The Morgan fingerprint density at radius 3 is 2.88 bits per heavy atom. The van der Waals surface area contributed by atoms with Crippen molar-refractivity contribution < 1.29 is 14.0 Å². The first kappa shape index (κ1) is 15.7. The normalized spacial score (nSPS) is 16.4. The minimum Gasteiger partial charge on any atom is -0.351 e. The number of aromatic amines is 1. The highest BCUT2D eigenvalue weighted by Gasteiger charge is 2.28. The van der Waals surface area contributed by atoms with Gasteiger partial charge in [-0.05, 0) is 48.0 Å². The summed E-state index contributed by atoms with van der Waals surface area (Å²) < 4.78 is 13.4. The topological polar surface area (TPSA) is 74.0 Å². The third kappa shape index (κ3) is 2.96. The smallest absolute Gasteiger partial charge is 0.268 e. The van der Waals surface area contributed by atoms with Crippen molar-refractivity contribution in [2.75, 3.05) is 5.32 Å². The molecule has 0 aliphatic carbocycles. The minimum absolute atomic E-state index is 0.233. The maximum atomic E-state index is 13.4. The Hall–Kier alpha value is -2.86. The van der Waals surface area contributed by atoms with E-state index >= 15 is 0 Å². The van der Waals surface area contributed by atoms with Crippen LogP contribution in [0.1, 0.15) is 16.1 Å². The number of benzene rings is 2. The second-order valence-corrected chi connectivity index (χ2v) is 6.37. The van der Waals surface area contributed by atoms with E-state index < -0.39 is 11.9 Å². The summed E-state index contributed by atoms with van der Waals surface area (Å²) in [6.07, 6.45) is 0.233. The highest BCUT2D eigenvalue weighted by molar-refractivity contribution is 6.31. The molecule has 3 N–H and O–H groups in total. The van der Waals surface area contributed by atoms with E-state index in [2.05, 4.69) is 15.6 Å². The molecule has 5 nitrogen and oxygen atoms in total.